The Hall–Kier alpha value is -0.410. The molecule has 0 unspecified atom stereocenters. The highest BCUT2D eigenvalue weighted by molar-refractivity contribution is 14.0. The van der Waals surface area contributed by atoms with Gasteiger partial charge in [0.2, 0.25) is 0 Å². The van der Waals surface area contributed by atoms with Gasteiger partial charge in [-0.15, -0.1) is 35.3 Å². The van der Waals surface area contributed by atoms with Crippen LogP contribution in [-0.2, 0) is 16.6 Å². The van der Waals surface area contributed by atoms with Crippen molar-refractivity contribution in [3.63, 3.8) is 0 Å². The van der Waals surface area contributed by atoms with Crippen LogP contribution < -0.4 is 5.32 Å². The SMILES string of the molecule is CN=C(NCCc1nc(C(C)(C)C)cs1)N1CCC(OCC2CCCC2)CC1.I. The molecule has 2 fully saturated rings. The fraction of sp³-hybridized carbons (Fsp3) is 0.818. The zero-order chi connectivity index (χ0) is 20.0. The number of halogens is 1. The van der Waals surface area contributed by atoms with Gasteiger partial charge in [0, 0.05) is 50.5 Å². The summed E-state index contributed by atoms with van der Waals surface area (Å²) in [6.07, 6.45) is 9.11. The Morgan fingerprint density at radius 2 is 1.93 bits per heavy atom. The van der Waals surface area contributed by atoms with E-state index in [0.29, 0.717) is 6.10 Å². The van der Waals surface area contributed by atoms with Gasteiger partial charge >= 0.3 is 0 Å². The summed E-state index contributed by atoms with van der Waals surface area (Å²) in [6, 6.07) is 0. The van der Waals surface area contributed by atoms with Crippen LogP contribution >= 0.6 is 35.3 Å². The van der Waals surface area contributed by atoms with Crippen LogP contribution in [0.25, 0.3) is 0 Å². The quantitative estimate of drug-likeness (QED) is 0.322. The molecule has 0 amide bonds. The number of rotatable bonds is 6. The monoisotopic (exact) mass is 534 g/mol. The molecule has 2 heterocycles. The molecule has 0 aromatic carbocycles. The van der Waals surface area contributed by atoms with Gasteiger partial charge in [-0.25, -0.2) is 4.98 Å². The first kappa shape index (κ1) is 24.9. The van der Waals surface area contributed by atoms with Crippen LogP contribution in [-0.4, -0.2) is 55.2 Å². The number of aliphatic imine (C=N–C) groups is 1. The van der Waals surface area contributed by atoms with E-state index in [1.807, 2.05) is 7.05 Å². The lowest BCUT2D eigenvalue weighted by atomic mass is 9.93. The van der Waals surface area contributed by atoms with Gasteiger partial charge < -0.3 is 15.0 Å². The number of piperidine rings is 1. The molecular formula is C22H39IN4OS. The zero-order valence-electron chi connectivity index (χ0n) is 18.6. The van der Waals surface area contributed by atoms with Gasteiger partial charge in [-0.05, 0) is 31.6 Å². The Labute approximate surface area is 198 Å². The fourth-order valence-corrected chi connectivity index (χ4v) is 5.09. The third-order valence-corrected chi connectivity index (χ3v) is 6.85. The molecule has 0 atom stereocenters. The number of thiazole rings is 1. The first-order valence-electron chi connectivity index (χ1n) is 11.0. The summed E-state index contributed by atoms with van der Waals surface area (Å²) in [5, 5.41) is 6.92. The Morgan fingerprint density at radius 3 is 2.52 bits per heavy atom. The van der Waals surface area contributed by atoms with Crippen LogP contribution in [0.4, 0.5) is 0 Å². The summed E-state index contributed by atoms with van der Waals surface area (Å²) >= 11 is 1.77. The van der Waals surface area contributed by atoms with Crippen molar-refractivity contribution in [1.29, 1.82) is 0 Å². The normalized spacial score (nSPS) is 19.4. The van der Waals surface area contributed by atoms with Gasteiger partial charge in [0.15, 0.2) is 5.96 Å². The molecule has 2 aliphatic rings. The maximum atomic E-state index is 6.20. The number of hydrogen-bond acceptors (Lipinski definition) is 4. The standard InChI is InChI=1S/C22H38N4OS.HI/c1-22(2,3)19-16-28-20(25-19)9-12-24-21(23-4)26-13-10-18(11-14-26)27-15-17-7-5-6-8-17;/h16-18H,5-15H2,1-4H3,(H,23,24);1H. The molecule has 1 aliphatic heterocycles. The van der Waals surface area contributed by atoms with E-state index in [0.717, 1.165) is 57.4 Å². The second-order valence-electron chi connectivity index (χ2n) is 9.27. The number of nitrogens with zero attached hydrogens (tertiary/aromatic N) is 3. The number of ether oxygens (including phenoxy) is 1. The molecule has 1 saturated heterocycles. The van der Waals surface area contributed by atoms with Crippen molar-refractivity contribution in [3.05, 3.63) is 16.1 Å². The summed E-state index contributed by atoms with van der Waals surface area (Å²) in [4.78, 5) is 11.7. The molecule has 0 bridgehead atoms. The lowest BCUT2D eigenvalue weighted by Gasteiger charge is -2.34. The third-order valence-electron chi connectivity index (χ3n) is 5.94. The Morgan fingerprint density at radius 1 is 1.24 bits per heavy atom. The van der Waals surface area contributed by atoms with Crippen LogP contribution in [0.3, 0.4) is 0 Å². The van der Waals surface area contributed by atoms with E-state index < -0.39 is 0 Å². The van der Waals surface area contributed by atoms with E-state index in [2.05, 4.69) is 41.4 Å². The van der Waals surface area contributed by atoms with Crippen LogP contribution in [0.2, 0.25) is 0 Å². The molecule has 3 rings (SSSR count). The van der Waals surface area contributed by atoms with E-state index >= 15 is 0 Å². The molecular weight excluding hydrogens is 495 g/mol. The van der Waals surface area contributed by atoms with Gasteiger partial charge in [-0.2, -0.15) is 0 Å². The minimum absolute atomic E-state index is 0. The molecule has 1 aromatic rings. The molecule has 29 heavy (non-hydrogen) atoms. The summed E-state index contributed by atoms with van der Waals surface area (Å²) in [5.41, 5.74) is 1.32. The summed E-state index contributed by atoms with van der Waals surface area (Å²) in [6.45, 7) is 10.6. The second kappa shape index (κ2) is 11.8. The summed E-state index contributed by atoms with van der Waals surface area (Å²) in [5.74, 6) is 1.83. The van der Waals surface area contributed by atoms with E-state index in [9.17, 15) is 0 Å². The van der Waals surface area contributed by atoms with Crippen LogP contribution in [0.5, 0.6) is 0 Å². The van der Waals surface area contributed by atoms with Crippen molar-refractivity contribution in [2.45, 2.75) is 77.2 Å². The van der Waals surface area contributed by atoms with Crippen molar-refractivity contribution < 1.29 is 4.74 Å². The Kier molecular flexibility index (Phi) is 10.1. The smallest absolute Gasteiger partial charge is 0.193 e. The van der Waals surface area contributed by atoms with Crippen LogP contribution in [0.15, 0.2) is 10.4 Å². The lowest BCUT2D eigenvalue weighted by molar-refractivity contribution is 0.00103. The minimum atomic E-state index is 0. The summed E-state index contributed by atoms with van der Waals surface area (Å²) < 4.78 is 6.20. The molecule has 0 spiro atoms. The number of hydrogen-bond donors (Lipinski definition) is 1. The highest BCUT2D eigenvalue weighted by Crippen LogP contribution is 2.26. The molecule has 166 valence electrons. The number of likely N-dealkylation sites (tertiary alicyclic amines) is 1. The Balaban J connectivity index is 0.00000300. The average molecular weight is 535 g/mol. The first-order valence-corrected chi connectivity index (χ1v) is 11.9. The fourth-order valence-electron chi connectivity index (χ4n) is 4.07. The summed E-state index contributed by atoms with van der Waals surface area (Å²) in [7, 11) is 1.88. The average Bonchev–Trinajstić information content (AvgIpc) is 3.36. The van der Waals surface area contributed by atoms with E-state index in [-0.39, 0.29) is 29.4 Å². The molecule has 1 aliphatic carbocycles. The van der Waals surface area contributed by atoms with Gasteiger partial charge in [-0.1, -0.05) is 33.6 Å². The van der Waals surface area contributed by atoms with Crippen molar-refractivity contribution in [3.8, 4) is 0 Å². The molecule has 0 radical (unpaired) electrons. The van der Waals surface area contributed by atoms with Crippen molar-refractivity contribution in [2.24, 2.45) is 10.9 Å². The predicted octanol–water partition coefficient (Wildman–Crippen LogP) is 4.85. The molecule has 5 nitrogen and oxygen atoms in total. The molecule has 1 saturated carbocycles. The van der Waals surface area contributed by atoms with Crippen molar-refractivity contribution >= 4 is 41.3 Å². The van der Waals surface area contributed by atoms with Crippen LogP contribution in [0, 0.1) is 5.92 Å². The van der Waals surface area contributed by atoms with Gasteiger partial charge in [0.25, 0.3) is 0 Å². The van der Waals surface area contributed by atoms with Gasteiger partial charge in [-0.3, -0.25) is 4.99 Å². The minimum Gasteiger partial charge on any atom is -0.378 e. The largest absolute Gasteiger partial charge is 0.378 e. The molecule has 1 N–H and O–H groups in total. The van der Waals surface area contributed by atoms with Gasteiger partial charge in [0.1, 0.15) is 0 Å². The lowest BCUT2D eigenvalue weighted by Crippen LogP contribution is -2.47. The first-order chi connectivity index (χ1) is 13.5. The van der Waals surface area contributed by atoms with E-state index in [1.165, 1.54) is 36.4 Å². The molecule has 7 heteroatoms. The van der Waals surface area contributed by atoms with Crippen molar-refractivity contribution in [2.75, 3.05) is 33.3 Å². The zero-order valence-corrected chi connectivity index (χ0v) is 21.7. The maximum absolute atomic E-state index is 6.20. The molecule has 1 aromatic heterocycles. The third kappa shape index (κ3) is 7.65. The number of aromatic nitrogens is 1. The van der Waals surface area contributed by atoms with Gasteiger partial charge in [0.05, 0.1) is 16.8 Å². The second-order valence-corrected chi connectivity index (χ2v) is 10.2. The van der Waals surface area contributed by atoms with E-state index in [4.69, 9.17) is 9.72 Å². The Bertz CT molecular complexity index is 629. The van der Waals surface area contributed by atoms with Crippen LogP contribution in [0.1, 0.15) is 70.0 Å². The number of guanidine groups is 1. The topological polar surface area (TPSA) is 49.8 Å². The number of nitrogens with one attached hydrogen (secondary N) is 1. The highest BCUT2D eigenvalue weighted by Gasteiger charge is 2.24. The highest BCUT2D eigenvalue weighted by atomic mass is 127. The predicted molar refractivity (Wildman–Crippen MR) is 134 cm³/mol. The van der Waals surface area contributed by atoms with E-state index in [1.54, 1.807) is 11.3 Å². The van der Waals surface area contributed by atoms with Crippen molar-refractivity contribution in [1.82, 2.24) is 15.2 Å². The maximum Gasteiger partial charge on any atom is 0.193 e.